The summed E-state index contributed by atoms with van der Waals surface area (Å²) >= 11 is 11.7. The van der Waals surface area contributed by atoms with E-state index >= 15 is 0 Å². The number of halogens is 1. The predicted molar refractivity (Wildman–Crippen MR) is 92.0 cm³/mol. The normalized spacial score (nSPS) is 16.1. The van der Waals surface area contributed by atoms with Crippen molar-refractivity contribution in [2.45, 2.75) is 38.5 Å². The topological polar surface area (TPSA) is 30.5 Å². The van der Waals surface area contributed by atoms with E-state index in [2.05, 4.69) is 5.32 Å². The van der Waals surface area contributed by atoms with E-state index in [4.69, 9.17) is 33.3 Å². The Morgan fingerprint density at radius 1 is 1.10 bits per heavy atom. The Labute approximate surface area is 137 Å². The third kappa shape index (κ3) is 4.24. The Kier molecular flexibility index (Phi) is 6.12. The monoisotopic (exact) mass is 327 g/mol. The zero-order chi connectivity index (χ0) is 15.2. The molecule has 0 heterocycles. The molecule has 0 aliphatic heterocycles. The minimum Gasteiger partial charge on any atom is -0.495 e. The molecule has 5 heteroatoms. The first-order chi connectivity index (χ1) is 10.2. The number of ether oxygens (including phenoxy) is 2. The predicted octanol–water partition coefficient (Wildman–Crippen LogP) is 5.07. The van der Waals surface area contributed by atoms with Crippen molar-refractivity contribution < 1.29 is 9.47 Å². The Morgan fingerprint density at radius 2 is 1.71 bits per heavy atom. The lowest BCUT2D eigenvalue weighted by Gasteiger charge is -2.19. The molecule has 1 aromatic carbocycles. The van der Waals surface area contributed by atoms with Gasteiger partial charge in [-0.25, -0.2) is 0 Å². The van der Waals surface area contributed by atoms with E-state index in [1.165, 1.54) is 38.5 Å². The first-order valence-corrected chi connectivity index (χ1v) is 8.16. The molecule has 1 aliphatic rings. The van der Waals surface area contributed by atoms with Crippen LogP contribution >= 0.6 is 23.8 Å². The van der Waals surface area contributed by atoms with Gasteiger partial charge >= 0.3 is 0 Å². The summed E-state index contributed by atoms with van der Waals surface area (Å²) in [5.41, 5.74) is 0.813. The Balaban J connectivity index is 2.15. The molecule has 0 spiro atoms. The van der Waals surface area contributed by atoms with Gasteiger partial charge in [0, 0.05) is 18.1 Å². The maximum Gasteiger partial charge on any atom is 0.144 e. The number of nitrogens with one attached hydrogen (secondary N) is 1. The highest BCUT2D eigenvalue weighted by Crippen LogP contribution is 2.36. The molecule has 1 saturated carbocycles. The van der Waals surface area contributed by atoms with Gasteiger partial charge in [-0.15, -0.1) is 0 Å². The zero-order valence-electron chi connectivity index (χ0n) is 12.6. The van der Waals surface area contributed by atoms with E-state index in [0.717, 1.165) is 10.7 Å². The number of hydrogen-bond acceptors (Lipinski definition) is 3. The van der Waals surface area contributed by atoms with Crippen molar-refractivity contribution in [3.05, 3.63) is 17.2 Å². The maximum absolute atomic E-state index is 6.12. The molecule has 0 radical (unpaired) electrons. The van der Waals surface area contributed by atoms with Crippen LogP contribution in [0.1, 0.15) is 38.5 Å². The summed E-state index contributed by atoms with van der Waals surface area (Å²) < 4.78 is 10.6. The number of rotatable bonds is 4. The van der Waals surface area contributed by atoms with Crippen LogP contribution in [0.3, 0.4) is 0 Å². The SMILES string of the molecule is COc1cc(NC(=S)C2CCCCCC2)c(OC)cc1Cl. The molecule has 0 saturated heterocycles. The van der Waals surface area contributed by atoms with Crippen LogP contribution in [0.25, 0.3) is 0 Å². The van der Waals surface area contributed by atoms with Crippen LogP contribution in [0.2, 0.25) is 5.02 Å². The first kappa shape index (κ1) is 16.4. The van der Waals surface area contributed by atoms with Crippen LogP contribution in [0.15, 0.2) is 12.1 Å². The van der Waals surface area contributed by atoms with Crippen LogP contribution in [-0.4, -0.2) is 19.2 Å². The van der Waals surface area contributed by atoms with Crippen molar-refractivity contribution in [3.8, 4) is 11.5 Å². The second kappa shape index (κ2) is 7.85. The lowest BCUT2D eigenvalue weighted by atomic mass is 10.00. The molecule has 1 aliphatic carbocycles. The van der Waals surface area contributed by atoms with Crippen molar-refractivity contribution in [3.63, 3.8) is 0 Å². The fraction of sp³-hybridized carbons (Fsp3) is 0.562. The quantitative estimate of drug-likeness (QED) is 0.618. The number of hydrogen-bond donors (Lipinski definition) is 1. The standard InChI is InChI=1S/C16H22ClNO2S/c1-19-14-10-13(15(20-2)9-12(14)17)18-16(21)11-7-5-3-4-6-8-11/h9-11H,3-8H2,1-2H3,(H,18,21). The third-order valence-corrected chi connectivity index (χ3v) is 4.69. The molecule has 1 fully saturated rings. The van der Waals surface area contributed by atoms with Gasteiger partial charge in [-0.1, -0.05) is 49.5 Å². The Bertz CT molecular complexity index is 499. The van der Waals surface area contributed by atoms with Gasteiger partial charge in [0.25, 0.3) is 0 Å². The molecule has 116 valence electrons. The summed E-state index contributed by atoms with van der Waals surface area (Å²) in [6.07, 6.45) is 7.48. The first-order valence-electron chi connectivity index (χ1n) is 7.38. The van der Waals surface area contributed by atoms with Crippen molar-refractivity contribution in [2.24, 2.45) is 5.92 Å². The van der Waals surface area contributed by atoms with Gasteiger partial charge in [-0.05, 0) is 12.8 Å². The highest BCUT2D eigenvalue weighted by molar-refractivity contribution is 7.80. The van der Waals surface area contributed by atoms with E-state index < -0.39 is 0 Å². The summed E-state index contributed by atoms with van der Waals surface area (Å²) in [5, 5.41) is 3.86. The summed E-state index contributed by atoms with van der Waals surface area (Å²) in [6, 6.07) is 3.59. The van der Waals surface area contributed by atoms with Crippen molar-refractivity contribution >= 4 is 34.5 Å². The fourth-order valence-corrected chi connectivity index (χ4v) is 3.31. The molecule has 1 aromatic rings. The molecular weight excluding hydrogens is 306 g/mol. The van der Waals surface area contributed by atoms with Gasteiger partial charge in [-0.2, -0.15) is 0 Å². The largest absolute Gasteiger partial charge is 0.495 e. The molecule has 0 aromatic heterocycles. The minimum atomic E-state index is 0.453. The number of methoxy groups -OCH3 is 2. The molecule has 0 amide bonds. The van der Waals surface area contributed by atoms with Gasteiger partial charge in [-0.3, -0.25) is 0 Å². The van der Waals surface area contributed by atoms with E-state index in [1.807, 2.05) is 6.07 Å². The molecular formula is C16H22ClNO2S. The van der Waals surface area contributed by atoms with Gasteiger partial charge < -0.3 is 14.8 Å². The average Bonchev–Trinajstić information content (AvgIpc) is 2.77. The van der Waals surface area contributed by atoms with Crippen LogP contribution in [-0.2, 0) is 0 Å². The third-order valence-electron chi connectivity index (χ3n) is 3.96. The van der Waals surface area contributed by atoms with E-state index in [9.17, 15) is 0 Å². The van der Waals surface area contributed by atoms with E-state index in [-0.39, 0.29) is 0 Å². The Hall–Kier alpha value is -1.00. The second-order valence-corrected chi connectivity index (χ2v) is 6.21. The molecule has 1 N–H and O–H groups in total. The van der Waals surface area contributed by atoms with Gasteiger partial charge in [0.2, 0.25) is 0 Å². The van der Waals surface area contributed by atoms with E-state index in [1.54, 1.807) is 20.3 Å². The minimum absolute atomic E-state index is 0.453. The summed E-state index contributed by atoms with van der Waals surface area (Å²) in [4.78, 5) is 0.888. The maximum atomic E-state index is 6.12. The van der Waals surface area contributed by atoms with Gasteiger partial charge in [0.1, 0.15) is 11.5 Å². The van der Waals surface area contributed by atoms with Crippen LogP contribution < -0.4 is 14.8 Å². The van der Waals surface area contributed by atoms with Gasteiger partial charge in [0.15, 0.2) is 0 Å². The molecule has 2 rings (SSSR count). The highest BCUT2D eigenvalue weighted by Gasteiger charge is 2.19. The molecule has 0 atom stereocenters. The Morgan fingerprint density at radius 3 is 2.29 bits per heavy atom. The molecule has 0 unspecified atom stereocenters. The smallest absolute Gasteiger partial charge is 0.144 e. The number of benzene rings is 1. The van der Waals surface area contributed by atoms with Crippen LogP contribution in [0.5, 0.6) is 11.5 Å². The average molecular weight is 328 g/mol. The molecule has 21 heavy (non-hydrogen) atoms. The van der Waals surface area contributed by atoms with Crippen molar-refractivity contribution in [1.29, 1.82) is 0 Å². The second-order valence-electron chi connectivity index (χ2n) is 5.36. The van der Waals surface area contributed by atoms with Crippen molar-refractivity contribution in [2.75, 3.05) is 19.5 Å². The molecule has 0 bridgehead atoms. The fourth-order valence-electron chi connectivity index (χ4n) is 2.73. The lowest BCUT2D eigenvalue weighted by Crippen LogP contribution is -2.20. The van der Waals surface area contributed by atoms with Crippen LogP contribution in [0.4, 0.5) is 5.69 Å². The van der Waals surface area contributed by atoms with E-state index in [0.29, 0.717) is 22.4 Å². The number of thiocarbonyl (C=S) groups is 1. The number of anilines is 1. The zero-order valence-corrected chi connectivity index (χ0v) is 14.1. The van der Waals surface area contributed by atoms with Crippen molar-refractivity contribution in [1.82, 2.24) is 0 Å². The summed E-state index contributed by atoms with van der Waals surface area (Å²) in [7, 11) is 3.22. The van der Waals surface area contributed by atoms with Crippen LogP contribution in [0, 0.1) is 5.92 Å². The summed E-state index contributed by atoms with van der Waals surface area (Å²) in [5.74, 6) is 1.74. The summed E-state index contributed by atoms with van der Waals surface area (Å²) in [6.45, 7) is 0. The van der Waals surface area contributed by atoms with Gasteiger partial charge in [0.05, 0.1) is 29.9 Å². The lowest BCUT2D eigenvalue weighted by molar-refractivity contribution is 0.405. The molecule has 3 nitrogen and oxygen atoms in total. The highest BCUT2D eigenvalue weighted by atomic mass is 35.5.